The molecular weight excluding hydrogens is 420 g/mol. The molecule has 174 valence electrons. The highest BCUT2D eigenvalue weighted by Gasteiger charge is 2.42. The molecule has 1 N–H and O–H groups in total. The Hall–Kier alpha value is -3.12. The van der Waals surface area contributed by atoms with E-state index in [1.54, 1.807) is 0 Å². The van der Waals surface area contributed by atoms with Crippen LogP contribution >= 0.6 is 0 Å². The van der Waals surface area contributed by atoms with Crippen LogP contribution in [-0.4, -0.2) is 66.7 Å². The van der Waals surface area contributed by atoms with Crippen LogP contribution in [0, 0.1) is 0 Å². The van der Waals surface area contributed by atoms with Crippen LogP contribution in [0.2, 0.25) is 0 Å². The van der Waals surface area contributed by atoms with Gasteiger partial charge < -0.3 is 20.0 Å². The van der Waals surface area contributed by atoms with Crippen LogP contribution in [0.1, 0.15) is 30.4 Å². The van der Waals surface area contributed by atoms with E-state index in [4.69, 9.17) is 9.97 Å². The summed E-state index contributed by atoms with van der Waals surface area (Å²) in [6.07, 6.45) is 6.78. The molecule has 1 atom stereocenters. The zero-order valence-electron chi connectivity index (χ0n) is 20.0. The molecule has 2 aromatic heterocycles. The average molecular weight is 453 g/mol. The first-order valence-electron chi connectivity index (χ1n) is 12.6. The largest absolute Gasteiger partial charge is 0.375 e. The van der Waals surface area contributed by atoms with Crippen LogP contribution in [0.4, 0.5) is 11.5 Å². The molecule has 6 heteroatoms. The summed E-state index contributed by atoms with van der Waals surface area (Å²) in [4.78, 5) is 17.2. The molecule has 0 saturated carbocycles. The van der Waals surface area contributed by atoms with Gasteiger partial charge in [-0.2, -0.15) is 0 Å². The minimum Gasteiger partial charge on any atom is -0.375 e. The highest BCUT2D eigenvalue weighted by molar-refractivity contribution is 5.96. The summed E-state index contributed by atoms with van der Waals surface area (Å²) in [6.45, 7) is 10.4. The van der Waals surface area contributed by atoms with Crippen molar-refractivity contribution in [2.45, 2.75) is 31.2 Å². The number of likely N-dealkylation sites (N-methyl/N-ethyl adjacent to an activating group) is 1. The highest BCUT2D eigenvalue weighted by Crippen LogP contribution is 2.40. The minimum absolute atomic E-state index is 0.119. The number of nitrogens with one attached hydrogen (secondary N) is 1. The molecule has 1 unspecified atom stereocenters. The SMILES string of the molecule is C=C1CNC2(CCN(c3cc(-c4ccc(N5CCCC5)nc4)nc4cc5c(cc34)C5)C2)CN1C. The van der Waals surface area contributed by atoms with Crippen molar-refractivity contribution in [3.63, 3.8) is 0 Å². The van der Waals surface area contributed by atoms with Crippen LogP contribution in [0.3, 0.4) is 0 Å². The van der Waals surface area contributed by atoms with Crippen molar-refractivity contribution in [1.29, 1.82) is 0 Å². The Morgan fingerprint density at radius 2 is 1.85 bits per heavy atom. The number of nitrogens with zero attached hydrogens (tertiary/aromatic N) is 5. The first-order valence-corrected chi connectivity index (χ1v) is 12.6. The van der Waals surface area contributed by atoms with E-state index in [9.17, 15) is 0 Å². The normalized spacial score (nSPS) is 23.9. The lowest BCUT2D eigenvalue weighted by molar-refractivity contribution is 0.215. The Labute approximate surface area is 201 Å². The second kappa shape index (κ2) is 7.44. The molecule has 4 aliphatic rings. The van der Waals surface area contributed by atoms with Gasteiger partial charge in [0.1, 0.15) is 5.82 Å². The quantitative estimate of drug-likeness (QED) is 0.510. The molecule has 3 aromatic rings. The second-order valence-electron chi connectivity index (χ2n) is 10.7. The molecule has 1 spiro atoms. The van der Waals surface area contributed by atoms with Gasteiger partial charge in [0.05, 0.1) is 16.7 Å². The van der Waals surface area contributed by atoms with Gasteiger partial charge in [0.25, 0.3) is 0 Å². The van der Waals surface area contributed by atoms with Crippen molar-refractivity contribution in [3.05, 3.63) is 59.9 Å². The molecule has 6 nitrogen and oxygen atoms in total. The van der Waals surface area contributed by atoms with E-state index in [-0.39, 0.29) is 5.54 Å². The standard InChI is InChI=1S/C28H32N6/c1-19-15-30-28(17-32(19)2)7-10-34(18-28)26-14-24(31-25-13-22-11-21(22)12-23(25)26)20-5-6-27(29-16-20)33-8-3-4-9-33/h5-6,12-14,16,30H,1,3-4,7-11,15,17-18H2,2H3. The topological polar surface area (TPSA) is 47.5 Å². The van der Waals surface area contributed by atoms with E-state index in [0.29, 0.717) is 0 Å². The van der Waals surface area contributed by atoms with Crippen molar-refractivity contribution in [3.8, 4) is 11.3 Å². The summed E-state index contributed by atoms with van der Waals surface area (Å²) in [5, 5.41) is 5.09. The Balaban J connectivity index is 1.25. The van der Waals surface area contributed by atoms with E-state index < -0.39 is 0 Å². The van der Waals surface area contributed by atoms with Gasteiger partial charge in [0.15, 0.2) is 0 Å². The van der Waals surface area contributed by atoms with E-state index in [1.165, 1.54) is 40.7 Å². The molecule has 34 heavy (non-hydrogen) atoms. The van der Waals surface area contributed by atoms with Crippen LogP contribution in [-0.2, 0) is 6.42 Å². The maximum Gasteiger partial charge on any atom is 0.128 e. The minimum atomic E-state index is 0.119. The number of aromatic nitrogens is 2. The molecule has 3 saturated heterocycles. The Morgan fingerprint density at radius 3 is 2.65 bits per heavy atom. The van der Waals surface area contributed by atoms with Crippen molar-refractivity contribution in [2.24, 2.45) is 0 Å². The maximum atomic E-state index is 5.11. The van der Waals surface area contributed by atoms with Crippen molar-refractivity contribution in [2.75, 3.05) is 56.1 Å². The van der Waals surface area contributed by atoms with E-state index in [0.717, 1.165) is 74.7 Å². The van der Waals surface area contributed by atoms with Gasteiger partial charge in [0.2, 0.25) is 0 Å². The van der Waals surface area contributed by atoms with Crippen molar-refractivity contribution >= 4 is 22.4 Å². The molecule has 3 fully saturated rings. The number of fused-ring (bicyclic) bond motifs is 2. The molecule has 1 aliphatic carbocycles. The number of hydrogen-bond acceptors (Lipinski definition) is 6. The van der Waals surface area contributed by atoms with Gasteiger partial charge in [-0.25, -0.2) is 9.97 Å². The lowest BCUT2D eigenvalue weighted by Crippen LogP contribution is -2.59. The smallest absolute Gasteiger partial charge is 0.128 e. The number of rotatable bonds is 3. The van der Waals surface area contributed by atoms with Gasteiger partial charge in [-0.1, -0.05) is 6.58 Å². The zero-order chi connectivity index (χ0) is 22.9. The lowest BCUT2D eigenvalue weighted by Gasteiger charge is -2.42. The summed E-state index contributed by atoms with van der Waals surface area (Å²) in [7, 11) is 2.17. The predicted molar refractivity (Wildman–Crippen MR) is 139 cm³/mol. The van der Waals surface area contributed by atoms with Gasteiger partial charge >= 0.3 is 0 Å². The fourth-order valence-electron chi connectivity index (χ4n) is 6.08. The molecule has 7 rings (SSSR count). The van der Waals surface area contributed by atoms with Gasteiger partial charge in [-0.3, -0.25) is 0 Å². The van der Waals surface area contributed by atoms with Crippen LogP contribution in [0.25, 0.3) is 22.2 Å². The summed E-state index contributed by atoms with van der Waals surface area (Å²) in [5.74, 6) is 1.09. The Kier molecular flexibility index (Phi) is 4.44. The first-order chi connectivity index (χ1) is 16.6. The summed E-state index contributed by atoms with van der Waals surface area (Å²) in [6, 6.07) is 11.3. The molecule has 0 bridgehead atoms. The molecule has 5 heterocycles. The highest BCUT2D eigenvalue weighted by atomic mass is 15.3. The summed E-state index contributed by atoms with van der Waals surface area (Å²) in [5.41, 5.74) is 8.74. The van der Waals surface area contributed by atoms with Crippen LogP contribution < -0.4 is 15.1 Å². The zero-order valence-corrected chi connectivity index (χ0v) is 20.0. The maximum absolute atomic E-state index is 5.11. The van der Waals surface area contributed by atoms with Crippen molar-refractivity contribution < 1.29 is 0 Å². The van der Waals surface area contributed by atoms with Gasteiger partial charge in [-0.15, -0.1) is 0 Å². The summed E-state index contributed by atoms with van der Waals surface area (Å²) < 4.78 is 0. The number of pyridine rings is 2. The van der Waals surface area contributed by atoms with E-state index >= 15 is 0 Å². The lowest BCUT2D eigenvalue weighted by atomic mass is 9.95. The third kappa shape index (κ3) is 3.35. The monoisotopic (exact) mass is 452 g/mol. The Bertz CT molecular complexity index is 1290. The fourth-order valence-corrected chi connectivity index (χ4v) is 6.08. The number of anilines is 2. The van der Waals surface area contributed by atoms with Crippen molar-refractivity contribution in [1.82, 2.24) is 20.2 Å². The Morgan fingerprint density at radius 1 is 1.00 bits per heavy atom. The molecule has 1 aromatic carbocycles. The number of piperazine rings is 1. The average Bonchev–Trinajstić information content (AvgIpc) is 3.20. The molecule has 0 amide bonds. The first kappa shape index (κ1) is 20.3. The summed E-state index contributed by atoms with van der Waals surface area (Å²) >= 11 is 0. The van der Waals surface area contributed by atoms with Gasteiger partial charge in [0, 0.05) is 74.8 Å². The van der Waals surface area contributed by atoms with Crippen LogP contribution in [0.5, 0.6) is 0 Å². The molecule has 0 radical (unpaired) electrons. The number of benzene rings is 1. The fraction of sp³-hybridized carbons (Fsp3) is 0.429. The number of hydrogen-bond donors (Lipinski definition) is 1. The van der Waals surface area contributed by atoms with Crippen LogP contribution in [0.15, 0.2) is 48.8 Å². The third-order valence-electron chi connectivity index (χ3n) is 8.28. The molecular formula is C28H32N6. The second-order valence-corrected chi connectivity index (χ2v) is 10.7. The van der Waals surface area contributed by atoms with E-state index in [1.807, 2.05) is 6.20 Å². The van der Waals surface area contributed by atoms with Gasteiger partial charge in [-0.05, 0) is 67.1 Å². The molecule has 3 aliphatic heterocycles. The third-order valence-corrected chi connectivity index (χ3v) is 8.28. The van der Waals surface area contributed by atoms with E-state index in [2.05, 4.69) is 64.0 Å². The predicted octanol–water partition coefficient (Wildman–Crippen LogP) is 3.80.